The number of nitrogens with zero attached hydrogens (tertiary/aromatic N) is 1. The lowest BCUT2D eigenvalue weighted by Crippen LogP contribution is -2.31. The van der Waals surface area contributed by atoms with E-state index in [0.717, 1.165) is 0 Å². The van der Waals surface area contributed by atoms with E-state index < -0.39 is 10.0 Å². The van der Waals surface area contributed by atoms with Crippen molar-refractivity contribution in [3.63, 3.8) is 0 Å². The highest BCUT2D eigenvalue weighted by Gasteiger charge is 2.28. The molecule has 110 valence electrons. The minimum Gasteiger partial charge on any atom is -0.262 e. The van der Waals surface area contributed by atoms with Gasteiger partial charge in [0.15, 0.2) is 0 Å². The van der Waals surface area contributed by atoms with Crippen molar-refractivity contribution in [1.29, 1.82) is 0 Å². The van der Waals surface area contributed by atoms with Gasteiger partial charge in [0.25, 0.3) is 10.0 Å². The number of rotatable bonds is 5. The van der Waals surface area contributed by atoms with E-state index >= 15 is 0 Å². The normalized spacial score (nSPS) is 11.1. The molecule has 0 aliphatic rings. The van der Waals surface area contributed by atoms with Crippen LogP contribution in [0.4, 0.5) is 5.69 Å². The van der Waals surface area contributed by atoms with Crippen LogP contribution in [0, 0.1) is 0 Å². The summed E-state index contributed by atoms with van der Waals surface area (Å²) in [5, 5.41) is 0.181. The fourth-order valence-corrected chi connectivity index (χ4v) is 4.43. The van der Waals surface area contributed by atoms with Crippen molar-refractivity contribution in [2.24, 2.45) is 0 Å². The van der Waals surface area contributed by atoms with Gasteiger partial charge in [-0.25, -0.2) is 8.42 Å². The molecule has 0 atom stereocenters. The molecule has 2 rings (SSSR count). The molecule has 0 heterocycles. The van der Waals surface area contributed by atoms with E-state index in [1.807, 2.05) is 6.07 Å². The topological polar surface area (TPSA) is 37.4 Å². The van der Waals surface area contributed by atoms with Crippen molar-refractivity contribution in [1.82, 2.24) is 0 Å². The number of para-hydroxylation sites is 1. The fourth-order valence-electron chi connectivity index (χ4n) is 1.89. The molecule has 6 heteroatoms. The Kier molecular flexibility index (Phi) is 4.93. The molecule has 0 unspecified atom stereocenters. The van der Waals surface area contributed by atoms with Crippen LogP contribution < -0.4 is 4.31 Å². The highest BCUT2D eigenvalue weighted by atomic mass is 35.5. The first-order chi connectivity index (χ1) is 9.98. The van der Waals surface area contributed by atoms with Crippen molar-refractivity contribution in [3.8, 4) is 0 Å². The zero-order valence-electron chi connectivity index (χ0n) is 11.0. The minimum absolute atomic E-state index is 0.0903. The SMILES string of the molecule is C=CCN(c1ccccc1)S(=O)(=O)c1c(Cl)cccc1Cl. The average molecular weight is 342 g/mol. The van der Waals surface area contributed by atoms with Gasteiger partial charge in [-0.2, -0.15) is 0 Å². The molecule has 0 N–H and O–H groups in total. The maximum atomic E-state index is 12.9. The maximum Gasteiger partial charge on any atom is 0.267 e. The van der Waals surface area contributed by atoms with Gasteiger partial charge in [0.1, 0.15) is 4.90 Å². The smallest absolute Gasteiger partial charge is 0.262 e. The zero-order valence-corrected chi connectivity index (χ0v) is 13.4. The van der Waals surface area contributed by atoms with Gasteiger partial charge >= 0.3 is 0 Å². The van der Waals surface area contributed by atoms with Gasteiger partial charge in [0.2, 0.25) is 0 Å². The standard InChI is InChI=1S/C15H13Cl2NO2S/c1-2-11-18(12-7-4-3-5-8-12)21(19,20)15-13(16)9-6-10-14(15)17/h2-10H,1,11H2. The summed E-state index contributed by atoms with van der Waals surface area (Å²) in [6, 6.07) is 13.3. The first-order valence-electron chi connectivity index (χ1n) is 6.11. The Hall–Kier alpha value is -1.49. The molecular formula is C15H13Cl2NO2S. The molecule has 2 aromatic rings. The Labute approximate surface area is 134 Å². The molecule has 0 bridgehead atoms. The molecule has 0 aromatic heterocycles. The molecule has 0 radical (unpaired) electrons. The maximum absolute atomic E-state index is 12.9. The van der Waals surface area contributed by atoms with Crippen molar-refractivity contribution in [2.75, 3.05) is 10.8 Å². The number of hydrogen-bond donors (Lipinski definition) is 0. The van der Waals surface area contributed by atoms with Gasteiger partial charge in [-0.1, -0.05) is 53.5 Å². The predicted molar refractivity (Wildman–Crippen MR) is 87.6 cm³/mol. The van der Waals surface area contributed by atoms with E-state index in [0.29, 0.717) is 5.69 Å². The molecule has 0 aliphatic carbocycles. The first-order valence-corrected chi connectivity index (χ1v) is 8.31. The first kappa shape index (κ1) is 15.9. The van der Waals surface area contributed by atoms with E-state index in [-0.39, 0.29) is 21.5 Å². The summed E-state index contributed by atoms with van der Waals surface area (Å²) in [6.07, 6.45) is 1.51. The Morgan fingerprint density at radius 2 is 1.57 bits per heavy atom. The molecule has 0 aliphatic heterocycles. The highest BCUT2D eigenvalue weighted by Crippen LogP contribution is 2.33. The molecular weight excluding hydrogens is 329 g/mol. The van der Waals surface area contributed by atoms with Crippen LogP contribution in [0.2, 0.25) is 10.0 Å². The third-order valence-corrected chi connectivity index (χ3v) is 5.56. The summed E-state index contributed by atoms with van der Waals surface area (Å²) in [7, 11) is -3.88. The van der Waals surface area contributed by atoms with Crippen LogP contribution in [0.15, 0.2) is 66.1 Å². The van der Waals surface area contributed by atoms with Crippen molar-refractivity contribution in [3.05, 3.63) is 71.2 Å². The Morgan fingerprint density at radius 1 is 1.00 bits per heavy atom. The largest absolute Gasteiger partial charge is 0.267 e. The summed E-state index contributed by atoms with van der Waals surface area (Å²) in [5.41, 5.74) is 0.522. The van der Waals surface area contributed by atoms with E-state index in [1.165, 1.54) is 22.5 Å². The van der Waals surface area contributed by atoms with Crippen molar-refractivity contribution < 1.29 is 8.42 Å². The van der Waals surface area contributed by atoms with Crippen LogP contribution in [0.1, 0.15) is 0 Å². The third kappa shape index (κ3) is 3.23. The van der Waals surface area contributed by atoms with Gasteiger partial charge in [-0.15, -0.1) is 6.58 Å². The molecule has 0 spiro atoms. The van der Waals surface area contributed by atoms with Gasteiger partial charge in [0, 0.05) is 0 Å². The van der Waals surface area contributed by atoms with Crippen molar-refractivity contribution in [2.45, 2.75) is 4.90 Å². The second-order valence-electron chi connectivity index (χ2n) is 4.21. The van der Waals surface area contributed by atoms with Gasteiger partial charge in [0.05, 0.1) is 22.3 Å². The predicted octanol–water partition coefficient (Wildman–Crippen LogP) is 4.37. The quantitative estimate of drug-likeness (QED) is 0.757. The van der Waals surface area contributed by atoms with E-state index in [1.54, 1.807) is 30.3 Å². The van der Waals surface area contributed by atoms with Crippen LogP contribution in [-0.2, 0) is 10.0 Å². The van der Waals surface area contributed by atoms with Crippen LogP contribution in [0.5, 0.6) is 0 Å². The minimum atomic E-state index is -3.88. The van der Waals surface area contributed by atoms with Crippen LogP contribution in [0.3, 0.4) is 0 Å². The number of benzene rings is 2. The van der Waals surface area contributed by atoms with E-state index in [9.17, 15) is 8.42 Å². The molecule has 0 saturated carbocycles. The molecule has 0 fully saturated rings. The second-order valence-corrected chi connectivity index (χ2v) is 6.82. The van der Waals surface area contributed by atoms with Gasteiger partial charge < -0.3 is 0 Å². The number of sulfonamides is 1. The highest BCUT2D eigenvalue weighted by molar-refractivity contribution is 7.93. The lowest BCUT2D eigenvalue weighted by molar-refractivity contribution is 0.593. The third-order valence-electron chi connectivity index (χ3n) is 2.81. The lowest BCUT2D eigenvalue weighted by Gasteiger charge is -2.24. The Morgan fingerprint density at radius 3 is 2.10 bits per heavy atom. The van der Waals surface area contributed by atoms with Crippen molar-refractivity contribution >= 4 is 38.9 Å². The summed E-state index contributed by atoms with van der Waals surface area (Å²) in [4.78, 5) is -0.0981. The Balaban J connectivity index is 2.61. The summed E-state index contributed by atoms with van der Waals surface area (Å²) in [6.45, 7) is 3.72. The van der Waals surface area contributed by atoms with Gasteiger partial charge in [-0.3, -0.25) is 4.31 Å². The molecule has 2 aromatic carbocycles. The van der Waals surface area contributed by atoms with Crippen LogP contribution in [0.25, 0.3) is 0 Å². The fraction of sp³-hybridized carbons (Fsp3) is 0.0667. The number of hydrogen-bond acceptors (Lipinski definition) is 2. The van der Waals surface area contributed by atoms with E-state index in [4.69, 9.17) is 23.2 Å². The molecule has 21 heavy (non-hydrogen) atoms. The Bertz CT molecular complexity index is 725. The van der Waals surface area contributed by atoms with Crippen LogP contribution >= 0.6 is 23.2 Å². The zero-order chi connectivity index (χ0) is 15.5. The average Bonchev–Trinajstić information content (AvgIpc) is 2.45. The summed E-state index contributed by atoms with van der Waals surface area (Å²) >= 11 is 12.1. The summed E-state index contributed by atoms with van der Waals surface area (Å²) < 4.78 is 27.0. The summed E-state index contributed by atoms with van der Waals surface area (Å²) in [5.74, 6) is 0. The van der Waals surface area contributed by atoms with E-state index in [2.05, 4.69) is 6.58 Å². The van der Waals surface area contributed by atoms with Gasteiger partial charge in [-0.05, 0) is 24.3 Å². The molecule has 0 amide bonds. The number of halogens is 2. The lowest BCUT2D eigenvalue weighted by atomic mass is 10.3. The molecule has 0 saturated heterocycles. The van der Waals surface area contributed by atoms with Crippen LogP contribution in [-0.4, -0.2) is 15.0 Å². The monoisotopic (exact) mass is 341 g/mol. The second kappa shape index (κ2) is 6.52. The molecule has 3 nitrogen and oxygen atoms in total. The number of anilines is 1.